The first-order chi connectivity index (χ1) is 8.40. The van der Waals surface area contributed by atoms with E-state index in [1.807, 2.05) is 6.07 Å². The zero-order valence-corrected chi connectivity index (χ0v) is 10.1. The maximum Gasteiger partial charge on any atom is 0.137 e. The summed E-state index contributed by atoms with van der Waals surface area (Å²) in [5, 5.41) is 3.32. The highest BCUT2D eigenvalue weighted by molar-refractivity contribution is 5.43. The van der Waals surface area contributed by atoms with Gasteiger partial charge in [0.05, 0.1) is 19.2 Å². The van der Waals surface area contributed by atoms with Crippen LogP contribution in [0.1, 0.15) is 5.56 Å². The first-order valence-corrected chi connectivity index (χ1v) is 5.80. The molecule has 1 aliphatic heterocycles. The molecule has 0 aliphatic carbocycles. The molecule has 1 aromatic heterocycles. The quantitative estimate of drug-likeness (QED) is 0.745. The van der Waals surface area contributed by atoms with Gasteiger partial charge < -0.3 is 10.1 Å². The lowest BCUT2D eigenvalue weighted by Crippen LogP contribution is -2.43. The number of methoxy groups -OCH3 is 1. The van der Waals surface area contributed by atoms with E-state index < -0.39 is 0 Å². The average Bonchev–Trinajstić information content (AvgIpc) is 2.40. The fourth-order valence-electron chi connectivity index (χ4n) is 1.77. The SMILES string of the molecule is COc1ccncc1C#CCN1CCNCC1. The largest absolute Gasteiger partial charge is 0.495 e. The molecule has 1 aliphatic rings. The van der Waals surface area contributed by atoms with Gasteiger partial charge in [-0.1, -0.05) is 11.8 Å². The third-order valence-electron chi connectivity index (χ3n) is 2.74. The summed E-state index contributed by atoms with van der Waals surface area (Å²) in [6, 6.07) is 1.83. The molecule has 17 heavy (non-hydrogen) atoms. The van der Waals surface area contributed by atoms with Crippen molar-refractivity contribution < 1.29 is 4.74 Å². The zero-order valence-electron chi connectivity index (χ0n) is 10.1. The summed E-state index contributed by atoms with van der Waals surface area (Å²) < 4.78 is 5.22. The van der Waals surface area contributed by atoms with Gasteiger partial charge in [0, 0.05) is 38.6 Å². The molecule has 0 atom stereocenters. The molecule has 4 nitrogen and oxygen atoms in total. The molecule has 0 radical (unpaired) electrons. The number of nitrogens with one attached hydrogen (secondary N) is 1. The Hall–Kier alpha value is -1.57. The molecule has 0 spiro atoms. The van der Waals surface area contributed by atoms with Crippen LogP contribution in [0, 0.1) is 11.8 Å². The second-order valence-corrected chi connectivity index (χ2v) is 3.90. The molecule has 4 heteroatoms. The summed E-state index contributed by atoms with van der Waals surface area (Å²) in [5.41, 5.74) is 0.852. The first-order valence-electron chi connectivity index (χ1n) is 5.80. The number of hydrogen-bond donors (Lipinski definition) is 1. The number of rotatable bonds is 2. The topological polar surface area (TPSA) is 37.4 Å². The van der Waals surface area contributed by atoms with E-state index in [4.69, 9.17) is 4.74 Å². The lowest BCUT2D eigenvalue weighted by atomic mass is 10.2. The molecular weight excluding hydrogens is 214 g/mol. The fraction of sp³-hybridized carbons (Fsp3) is 0.462. The summed E-state index contributed by atoms with van der Waals surface area (Å²) in [7, 11) is 1.65. The highest BCUT2D eigenvalue weighted by Crippen LogP contribution is 2.13. The lowest BCUT2D eigenvalue weighted by molar-refractivity contribution is 0.268. The van der Waals surface area contributed by atoms with Gasteiger partial charge in [-0.15, -0.1) is 0 Å². The van der Waals surface area contributed by atoms with E-state index in [2.05, 4.69) is 27.0 Å². The summed E-state index contributed by atoms with van der Waals surface area (Å²) in [6.45, 7) is 5.05. The Kier molecular flexibility index (Phi) is 4.37. The Balaban J connectivity index is 1.95. The first kappa shape index (κ1) is 11.9. The number of aromatic nitrogens is 1. The van der Waals surface area contributed by atoms with Crippen molar-refractivity contribution in [2.45, 2.75) is 0 Å². The molecular formula is C13H17N3O. The van der Waals surface area contributed by atoms with Gasteiger partial charge in [-0.2, -0.15) is 0 Å². The van der Waals surface area contributed by atoms with Crippen LogP contribution in [0.15, 0.2) is 18.5 Å². The number of ether oxygens (including phenoxy) is 1. The van der Waals surface area contributed by atoms with Gasteiger partial charge in [0.2, 0.25) is 0 Å². The molecule has 2 rings (SSSR count). The minimum atomic E-state index is 0.785. The van der Waals surface area contributed by atoms with Crippen molar-refractivity contribution >= 4 is 0 Å². The molecule has 0 saturated carbocycles. The van der Waals surface area contributed by atoms with Gasteiger partial charge in [0.25, 0.3) is 0 Å². The molecule has 0 unspecified atom stereocenters. The van der Waals surface area contributed by atoms with Crippen LogP contribution >= 0.6 is 0 Å². The van der Waals surface area contributed by atoms with E-state index in [9.17, 15) is 0 Å². The van der Waals surface area contributed by atoms with Crippen LogP contribution in [0.25, 0.3) is 0 Å². The lowest BCUT2D eigenvalue weighted by Gasteiger charge is -2.24. The molecule has 2 heterocycles. The monoisotopic (exact) mass is 231 g/mol. The summed E-state index contributed by atoms with van der Waals surface area (Å²) in [4.78, 5) is 6.39. The van der Waals surface area contributed by atoms with Crippen LogP contribution < -0.4 is 10.1 Å². The highest BCUT2D eigenvalue weighted by Gasteiger charge is 2.06. The van der Waals surface area contributed by atoms with E-state index in [1.54, 1.807) is 19.5 Å². The summed E-state index contributed by atoms with van der Waals surface area (Å²) in [5.74, 6) is 7.07. The Bertz CT molecular complexity index is 416. The number of pyridine rings is 1. The maximum atomic E-state index is 5.22. The minimum absolute atomic E-state index is 0.785. The Morgan fingerprint density at radius 3 is 3.06 bits per heavy atom. The summed E-state index contributed by atoms with van der Waals surface area (Å²) >= 11 is 0. The molecule has 0 aromatic carbocycles. The van der Waals surface area contributed by atoms with Crippen LogP contribution in [0.3, 0.4) is 0 Å². The van der Waals surface area contributed by atoms with Gasteiger partial charge in [-0.3, -0.25) is 9.88 Å². The van der Waals surface area contributed by atoms with Crippen molar-refractivity contribution in [1.82, 2.24) is 15.2 Å². The van der Waals surface area contributed by atoms with Gasteiger partial charge in [0.15, 0.2) is 0 Å². The number of nitrogens with zero attached hydrogens (tertiary/aromatic N) is 2. The second kappa shape index (κ2) is 6.24. The van der Waals surface area contributed by atoms with E-state index >= 15 is 0 Å². The van der Waals surface area contributed by atoms with Crippen LogP contribution in [0.4, 0.5) is 0 Å². The maximum absolute atomic E-state index is 5.22. The Labute approximate surface area is 102 Å². The van der Waals surface area contributed by atoms with Crippen molar-refractivity contribution in [2.24, 2.45) is 0 Å². The van der Waals surface area contributed by atoms with Crippen LogP contribution in [0.2, 0.25) is 0 Å². The van der Waals surface area contributed by atoms with Crippen LogP contribution in [0.5, 0.6) is 5.75 Å². The molecule has 1 saturated heterocycles. The Morgan fingerprint density at radius 1 is 1.47 bits per heavy atom. The van der Waals surface area contributed by atoms with E-state index in [0.717, 1.165) is 44.0 Å². The predicted octanol–water partition coefficient (Wildman–Crippen LogP) is 0.347. The number of piperazine rings is 1. The molecule has 90 valence electrons. The standard InChI is InChI=1S/C13H17N3O/c1-17-13-4-5-15-11-12(13)3-2-8-16-9-6-14-7-10-16/h4-5,11,14H,6-10H2,1H3. The van der Waals surface area contributed by atoms with Crippen molar-refractivity contribution in [1.29, 1.82) is 0 Å². The molecule has 1 N–H and O–H groups in total. The Morgan fingerprint density at radius 2 is 2.29 bits per heavy atom. The van der Waals surface area contributed by atoms with Gasteiger partial charge in [-0.25, -0.2) is 0 Å². The van der Waals surface area contributed by atoms with E-state index in [1.165, 1.54) is 0 Å². The van der Waals surface area contributed by atoms with Crippen LogP contribution in [-0.4, -0.2) is 49.7 Å². The zero-order chi connectivity index (χ0) is 11.9. The second-order valence-electron chi connectivity index (χ2n) is 3.90. The van der Waals surface area contributed by atoms with Crippen molar-refractivity contribution in [3.05, 3.63) is 24.0 Å². The number of hydrogen-bond acceptors (Lipinski definition) is 4. The molecule has 1 aromatic rings. The van der Waals surface area contributed by atoms with Crippen LogP contribution in [-0.2, 0) is 0 Å². The van der Waals surface area contributed by atoms with Crippen molar-refractivity contribution in [2.75, 3.05) is 39.8 Å². The smallest absolute Gasteiger partial charge is 0.137 e. The highest BCUT2D eigenvalue weighted by atomic mass is 16.5. The molecule has 1 fully saturated rings. The average molecular weight is 231 g/mol. The third-order valence-corrected chi connectivity index (χ3v) is 2.74. The fourth-order valence-corrected chi connectivity index (χ4v) is 1.77. The molecule has 0 bridgehead atoms. The van der Waals surface area contributed by atoms with Gasteiger partial charge >= 0.3 is 0 Å². The van der Waals surface area contributed by atoms with Gasteiger partial charge in [-0.05, 0) is 6.07 Å². The van der Waals surface area contributed by atoms with E-state index in [-0.39, 0.29) is 0 Å². The van der Waals surface area contributed by atoms with Crippen molar-refractivity contribution in [3.63, 3.8) is 0 Å². The molecule has 0 amide bonds. The van der Waals surface area contributed by atoms with Gasteiger partial charge in [0.1, 0.15) is 5.75 Å². The third kappa shape index (κ3) is 3.45. The summed E-state index contributed by atoms with van der Waals surface area (Å²) in [6.07, 6.45) is 3.45. The van der Waals surface area contributed by atoms with E-state index in [0.29, 0.717) is 0 Å². The van der Waals surface area contributed by atoms with Crippen molar-refractivity contribution in [3.8, 4) is 17.6 Å². The predicted molar refractivity (Wildman–Crippen MR) is 67.0 cm³/mol. The minimum Gasteiger partial charge on any atom is -0.495 e. The normalized spacial score (nSPS) is 16.1.